The van der Waals surface area contributed by atoms with Crippen molar-refractivity contribution < 1.29 is 18.8 Å². The topological polar surface area (TPSA) is 99.3 Å². The number of anilines is 1. The molecule has 0 saturated heterocycles. The zero-order valence-electron chi connectivity index (χ0n) is 16.9. The molecule has 0 fully saturated rings. The number of methoxy groups -OCH3 is 1. The quantitative estimate of drug-likeness (QED) is 0.347. The van der Waals surface area contributed by atoms with Crippen LogP contribution in [0.15, 0.2) is 78.9 Å². The zero-order valence-corrected chi connectivity index (χ0v) is 16.9. The number of hydrogen-bond donors (Lipinski definition) is 1. The fraction of sp³-hybridized carbons (Fsp3) is 0.0435. The summed E-state index contributed by atoms with van der Waals surface area (Å²) in [5.74, 6) is -0.320. The van der Waals surface area contributed by atoms with Crippen molar-refractivity contribution >= 4 is 17.3 Å². The smallest absolute Gasteiger partial charge is 0.274 e. The third-order valence-corrected chi connectivity index (χ3v) is 4.69. The maximum Gasteiger partial charge on any atom is 0.274 e. The third kappa shape index (κ3) is 4.31. The summed E-state index contributed by atoms with van der Waals surface area (Å²) < 4.78 is 19.8. The van der Waals surface area contributed by atoms with E-state index in [1.54, 1.807) is 37.4 Å². The van der Waals surface area contributed by atoms with Crippen molar-refractivity contribution in [3.63, 3.8) is 0 Å². The number of nitro benzene ring substituents is 1. The van der Waals surface area contributed by atoms with Crippen LogP contribution < -0.4 is 10.1 Å². The number of nitrogens with zero attached hydrogens (tertiary/aromatic N) is 3. The predicted molar refractivity (Wildman–Crippen MR) is 117 cm³/mol. The molecule has 4 rings (SSSR count). The van der Waals surface area contributed by atoms with Crippen molar-refractivity contribution in [3.05, 3.63) is 100 Å². The lowest BCUT2D eigenvalue weighted by Gasteiger charge is -2.08. The number of halogens is 1. The van der Waals surface area contributed by atoms with Crippen molar-refractivity contribution in [3.8, 4) is 22.7 Å². The first kappa shape index (κ1) is 20.7. The van der Waals surface area contributed by atoms with E-state index in [4.69, 9.17) is 4.74 Å². The van der Waals surface area contributed by atoms with Crippen molar-refractivity contribution in [2.75, 3.05) is 12.4 Å². The average Bonchev–Trinajstić information content (AvgIpc) is 3.26. The van der Waals surface area contributed by atoms with Crippen LogP contribution in [0.4, 0.5) is 15.8 Å². The van der Waals surface area contributed by atoms with Crippen LogP contribution in [0.2, 0.25) is 0 Å². The summed E-state index contributed by atoms with van der Waals surface area (Å²) in [5, 5.41) is 18.4. The van der Waals surface area contributed by atoms with Gasteiger partial charge in [-0.1, -0.05) is 18.2 Å². The summed E-state index contributed by atoms with van der Waals surface area (Å²) in [7, 11) is 1.54. The largest absolute Gasteiger partial charge is 0.497 e. The van der Waals surface area contributed by atoms with Crippen LogP contribution in [0, 0.1) is 15.9 Å². The van der Waals surface area contributed by atoms with Gasteiger partial charge < -0.3 is 10.1 Å². The molecule has 160 valence electrons. The van der Waals surface area contributed by atoms with Gasteiger partial charge in [0.05, 0.1) is 23.4 Å². The van der Waals surface area contributed by atoms with Gasteiger partial charge in [-0.2, -0.15) is 5.10 Å². The molecule has 0 bridgehead atoms. The van der Waals surface area contributed by atoms with Crippen LogP contribution in [0.25, 0.3) is 16.9 Å². The Balaban J connectivity index is 1.80. The van der Waals surface area contributed by atoms with Crippen LogP contribution in [0.3, 0.4) is 0 Å². The molecule has 0 aliphatic heterocycles. The number of carbonyl (C=O) groups excluding carboxylic acids is 1. The van der Waals surface area contributed by atoms with E-state index in [1.807, 2.05) is 6.07 Å². The highest BCUT2D eigenvalue weighted by molar-refractivity contribution is 6.04. The van der Waals surface area contributed by atoms with Crippen LogP contribution in [-0.2, 0) is 0 Å². The van der Waals surface area contributed by atoms with E-state index in [-0.39, 0.29) is 11.4 Å². The van der Waals surface area contributed by atoms with E-state index in [1.165, 1.54) is 47.1 Å². The van der Waals surface area contributed by atoms with Gasteiger partial charge in [0.2, 0.25) is 0 Å². The first-order valence-corrected chi connectivity index (χ1v) is 9.51. The molecule has 0 unspecified atom stereocenters. The first-order valence-electron chi connectivity index (χ1n) is 9.51. The van der Waals surface area contributed by atoms with Crippen molar-refractivity contribution in [2.45, 2.75) is 0 Å². The standard InChI is InChI=1S/C23H17FN4O4/c1-32-20-7-2-4-15(12-20)21-14-22(23(29)25-17-10-8-16(24)9-11-17)27(26-21)18-5-3-6-19(13-18)28(30)31/h2-14H,1H3,(H,25,29). The van der Waals surface area contributed by atoms with Gasteiger partial charge in [0, 0.05) is 23.4 Å². The molecule has 9 heteroatoms. The fourth-order valence-electron chi connectivity index (χ4n) is 3.13. The Labute approximate surface area is 182 Å². The molecule has 8 nitrogen and oxygen atoms in total. The van der Waals surface area contributed by atoms with E-state index in [0.29, 0.717) is 28.4 Å². The number of ether oxygens (including phenoxy) is 1. The molecule has 32 heavy (non-hydrogen) atoms. The van der Waals surface area contributed by atoms with Gasteiger partial charge in [0.1, 0.15) is 17.3 Å². The molecule has 0 radical (unpaired) electrons. The Morgan fingerprint density at radius 3 is 2.53 bits per heavy atom. The molecule has 1 N–H and O–H groups in total. The molecular weight excluding hydrogens is 415 g/mol. The number of benzene rings is 3. The predicted octanol–water partition coefficient (Wildman–Crippen LogP) is 4.85. The van der Waals surface area contributed by atoms with Gasteiger partial charge in [-0.25, -0.2) is 9.07 Å². The van der Waals surface area contributed by atoms with Gasteiger partial charge >= 0.3 is 0 Å². The summed E-state index contributed by atoms with van der Waals surface area (Å²) in [6, 6.07) is 19.9. The maximum atomic E-state index is 13.2. The van der Waals surface area contributed by atoms with Gasteiger partial charge in [0.25, 0.3) is 11.6 Å². The number of nitrogens with one attached hydrogen (secondary N) is 1. The maximum absolute atomic E-state index is 13.2. The lowest BCUT2D eigenvalue weighted by molar-refractivity contribution is -0.384. The van der Waals surface area contributed by atoms with Gasteiger partial charge in [0.15, 0.2) is 0 Å². The van der Waals surface area contributed by atoms with E-state index < -0.39 is 16.6 Å². The van der Waals surface area contributed by atoms with E-state index >= 15 is 0 Å². The van der Waals surface area contributed by atoms with Crippen LogP contribution in [0.1, 0.15) is 10.5 Å². The molecule has 1 aromatic heterocycles. The number of rotatable bonds is 6. The average molecular weight is 432 g/mol. The first-order chi connectivity index (χ1) is 15.4. The second-order valence-electron chi connectivity index (χ2n) is 6.80. The lowest BCUT2D eigenvalue weighted by atomic mass is 10.1. The molecule has 4 aromatic rings. The van der Waals surface area contributed by atoms with Crippen molar-refractivity contribution in [2.24, 2.45) is 0 Å². The van der Waals surface area contributed by atoms with Gasteiger partial charge in [-0.15, -0.1) is 0 Å². The highest BCUT2D eigenvalue weighted by atomic mass is 19.1. The van der Waals surface area contributed by atoms with Crippen LogP contribution in [0.5, 0.6) is 5.75 Å². The Bertz CT molecular complexity index is 1300. The van der Waals surface area contributed by atoms with E-state index in [0.717, 1.165) is 0 Å². The minimum atomic E-state index is -0.520. The van der Waals surface area contributed by atoms with Crippen molar-refractivity contribution in [1.82, 2.24) is 9.78 Å². The highest BCUT2D eigenvalue weighted by Gasteiger charge is 2.19. The molecule has 0 aliphatic rings. The SMILES string of the molecule is COc1cccc(-c2cc(C(=O)Nc3ccc(F)cc3)n(-c3cccc([N+](=O)[O-])c3)n2)c1. The molecule has 0 atom stereocenters. The van der Waals surface area contributed by atoms with Gasteiger partial charge in [-0.05, 0) is 48.5 Å². The lowest BCUT2D eigenvalue weighted by Crippen LogP contribution is -2.17. The summed E-state index contributed by atoms with van der Waals surface area (Å²) >= 11 is 0. The number of non-ortho nitro benzene ring substituents is 1. The molecule has 3 aromatic carbocycles. The summed E-state index contributed by atoms with van der Waals surface area (Å²) in [6.45, 7) is 0. The Morgan fingerprint density at radius 1 is 1.06 bits per heavy atom. The highest BCUT2D eigenvalue weighted by Crippen LogP contribution is 2.27. The minimum absolute atomic E-state index is 0.133. The fourth-order valence-corrected chi connectivity index (χ4v) is 3.13. The summed E-state index contributed by atoms with van der Waals surface area (Å²) in [5.41, 5.74) is 1.92. The van der Waals surface area contributed by atoms with Crippen LogP contribution >= 0.6 is 0 Å². The van der Waals surface area contributed by atoms with E-state index in [9.17, 15) is 19.3 Å². The number of carbonyl (C=O) groups is 1. The number of hydrogen-bond acceptors (Lipinski definition) is 5. The normalized spacial score (nSPS) is 10.6. The van der Waals surface area contributed by atoms with Crippen molar-refractivity contribution in [1.29, 1.82) is 0 Å². The molecule has 1 amide bonds. The summed E-state index contributed by atoms with van der Waals surface area (Å²) in [4.78, 5) is 23.8. The molecular formula is C23H17FN4O4. The Kier molecular flexibility index (Phi) is 5.63. The van der Waals surface area contributed by atoms with E-state index in [2.05, 4.69) is 10.4 Å². The molecule has 0 saturated carbocycles. The number of amides is 1. The number of aromatic nitrogens is 2. The minimum Gasteiger partial charge on any atom is -0.497 e. The second-order valence-corrected chi connectivity index (χ2v) is 6.80. The third-order valence-electron chi connectivity index (χ3n) is 4.69. The number of nitro groups is 1. The molecule has 0 aliphatic carbocycles. The zero-order chi connectivity index (χ0) is 22.7. The Hall–Kier alpha value is -4.53. The second kappa shape index (κ2) is 8.68. The molecule has 0 spiro atoms. The monoisotopic (exact) mass is 432 g/mol. The van der Waals surface area contributed by atoms with Gasteiger partial charge in [-0.3, -0.25) is 14.9 Å². The van der Waals surface area contributed by atoms with Crippen LogP contribution in [-0.4, -0.2) is 27.7 Å². The summed E-state index contributed by atoms with van der Waals surface area (Å²) in [6.07, 6.45) is 0. The Morgan fingerprint density at radius 2 is 1.81 bits per heavy atom. The molecule has 1 heterocycles.